The molecule has 0 bridgehead atoms. The van der Waals surface area contributed by atoms with Gasteiger partial charge in [0, 0.05) is 12.4 Å². The van der Waals surface area contributed by atoms with Gasteiger partial charge in [-0.1, -0.05) is 19.9 Å². The normalized spacial score (nSPS) is 16.5. The Bertz CT molecular complexity index is 687. The van der Waals surface area contributed by atoms with Gasteiger partial charge in [0.1, 0.15) is 5.82 Å². The van der Waals surface area contributed by atoms with Crippen molar-refractivity contribution in [3.8, 4) is 0 Å². The van der Waals surface area contributed by atoms with Crippen LogP contribution in [-0.2, 0) is 0 Å². The minimum atomic E-state index is -0.801. The van der Waals surface area contributed by atoms with Gasteiger partial charge in [-0.05, 0) is 31.1 Å². The molecule has 0 radical (unpaired) electrons. The molecule has 0 saturated carbocycles. The Kier molecular flexibility index (Phi) is 4.75. The molecular weight excluding hydrogens is 284 g/mol. The van der Waals surface area contributed by atoms with E-state index >= 15 is 0 Å². The largest absolute Gasteiger partial charge is 0.396 e. The Labute approximate surface area is 129 Å². The smallest absolute Gasteiger partial charge is 0.158 e. The van der Waals surface area contributed by atoms with Gasteiger partial charge < -0.3 is 10.6 Å². The number of hydrogen-bond donors (Lipinski definition) is 1. The highest BCUT2D eigenvalue weighted by Crippen LogP contribution is 2.30. The predicted octanol–water partition coefficient (Wildman–Crippen LogP) is 4.45. The van der Waals surface area contributed by atoms with Crippen LogP contribution in [-0.4, -0.2) is 11.1 Å². The van der Waals surface area contributed by atoms with Crippen LogP contribution in [0, 0.1) is 11.6 Å². The highest BCUT2D eigenvalue weighted by atomic mass is 19.1. The van der Waals surface area contributed by atoms with Crippen molar-refractivity contribution in [1.82, 2.24) is 4.90 Å². The van der Waals surface area contributed by atoms with Gasteiger partial charge >= 0.3 is 0 Å². The van der Waals surface area contributed by atoms with Crippen molar-refractivity contribution >= 4 is 17.6 Å². The van der Waals surface area contributed by atoms with Gasteiger partial charge in [0.2, 0.25) is 0 Å². The molecule has 0 aliphatic carbocycles. The molecule has 0 aromatic heterocycles. The number of anilines is 1. The van der Waals surface area contributed by atoms with E-state index in [1.54, 1.807) is 23.5 Å². The van der Waals surface area contributed by atoms with Gasteiger partial charge in [-0.3, -0.25) is 4.99 Å². The summed E-state index contributed by atoms with van der Waals surface area (Å²) in [6.45, 7) is 7.83. The summed E-state index contributed by atoms with van der Waals surface area (Å²) < 4.78 is 28.1. The number of aliphatic imine (C=N–C) groups is 1. The van der Waals surface area contributed by atoms with E-state index in [0.717, 1.165) is 30.2 Å². The average molecular weight is 303 g/mol. The number of rotatable bonds is 4. The topological polar surface area (TPSA) is 41.6 Å². The fraction of sp³-hybridized carbons (Fsp3) is 0.235. The summed E-state index contributed by atoms with van der Waals surface area (Å²) in [5, 5.41) is 0. The highest BCUT2D eigenvalue weighted by molar-refractivity contribution is 5.88. The number of benzene rings is 1. The molecule has 22 heavy (non-hydrogen) atoms. The van der Waals surface area contributed by atoms with Crippen molar-refractivity contribution in [3.05, 3.63) is 59.6 Å². The second-order valence-electron chi connectivity index (χ2n) is 5.10. The predicted molar refractivity (Wildman–Crippen MR) is 86.9 cm³/mol. The van der Waals surface area contributed by atoms with Gasteiger partial charge in [-0.2, -0.15) is 0 Å². The van der Waals surface area contributed by atoms with Crippen LogP contribution in [0.4, 0.5) is 14.5 Å². The third kappa shape index (κ3) is 2.93. The summed E-state index contributed by atoms with van der Waals surface area (Å²) in [7, 11) is 0. The first-order valence-electron chi connectivity index (χ1n) is 7.10. The molecule has 1 aromatic carbocycles. The van der Waals surface area contributed by atoms with E-state index in [4.69, 9.17) is 5.73 Å². The van der Waals surface area contributed by atoms with E-state index in [1.165, 1.54) is 6.07 Å². The first-order chi connectivity index (χ1) is 10.5. The number of halogens is 2. The lowest BCUT2D eigenvalue weighted by Gasteiger charge is -2.24. The summed E-state index contributed by atoms with van der Waals surface area (Å²) in [5.41, 5.74) is 7.35. The van der Waals surface area contributed by atoms with E-state index in [9.17, 15) is 8.78 Å². The quantitative estimate of drug-likeness (QED) is 0.835. The van der Waals surface area contributed by atoms with E-state index < -0.39 is 11.6 Å². The zero-order chi connectivity index (χ0) is 16.3. The van der Waals surface area contributed by atoms with Crippen molar-refractivity contribution in [2.45, 2.75) is 26.7 Å². The minimum Gasteiger partial charge on any atom is -0.396 e. The zero-order valence-electron chi connectivity index (χ0n) is 12.7. The molecule has 1 aliphatic heterocycles. The van der Waals surface area contributed by atoms with Crippen LogP contribution in [0.1, 0.15) is 32.3 Å². The molecule has 0 spiro atoms. The summed E-state index contributed by atoms with van der Waals surface area (Å²) in [6, 6.07) is 2.33. The Hall–Kier alpha value is -2.43. The number of allylic oxidation sites excluding steroid dienone is 2. The van der Waals surface area contributed by atoms with Crippen molar-refractivity contribution in [2.24, 2.45) is 4.99 Å². The van der Waals surface area contributed by atoms with Crippen molar-refractivity contribution in [3.63, 3.8) is 0 Å². The van der Waals surface area contributed by atoms with Crippen LogP contribution >= 0.6 is 0 Å². The Morgan fingerprint density at radius 2 is 2.14 bits per heavy atom. The van der Waals surface area contributed by atoms with Crippen LogP contribution in [0.5, 0.6) is 0 Å². The lowest BCUT2D eigenvalue weighted by Crippen LogP contribution is -2.17. The maximum atomic E-state index is 14.1. The van der Waals surface area contributed by atoms with Gasteiger partial charge in [0.15, 0.2) is 5.82 Å². The SMILES string of the molecule is C=CN1C=C(c2c(F)ccc(N)c2F)N=C/C1=C(\C)CCC. The highest BCUT2D eigenvalue weighted by Gasteiger charge is 2.20. The monoisotopic (exact) mass is 303 g/mol. The van der Waals surface area contributed by atoms with Crippen molar-refractivity contribution in [2.75, 3.05) is 5.73 Å². The summed E-state index contributed by atoms with van der Waals surface area (Å²) in [6.07, 6.45) is 6.66. The second kappa shape index (κ2) is 6.56. The fourth-order valence-electron chi connectivity index (χ4n) is 2.35. The van der Waals surface area contributed by atoms with E-state index in [1.807, 2.05) is 6.92 Å². The van der Waals surface area contributed by atoms with Crippen molar-refractivity contribution < 1.29 is 8.78 Å². The molecule has 1 aliphatic rings. The van der Waals surface area contributed by atoms with E-state index in [0.29, 0.717) is 0 Å². The lowest BCUT2D eigenvalue weighted by molar-refractivity contribution is 0.576. The van der Waals surface area contributed by atoms with Crippen LogP contribution in [0.3, 0.4) is 0 Å². The molecule has 0 unspecified atom stereocenters. The molecule has 0 saturated heterocycles. The lowest BCUT2D eigenvalue weighted by atomic mass is 10.1. The number of hydrogen-bond acceptors (Lipinski definition) is 3. The van der Waals surface area contributed by atoms with Crippen LogP contribution < -0.4 is 5.73 Å². The van der Waals surface area contributed by atoms with Crippen molar-refractivity contribution in [1.29, 1.82) is 0 Å². The van der Waals surface area contributed by atoms with Gasteiger partial charge in [0.05, 0.1) is 28.9 Å². The summed E-state index contributed by atoms with van der Waals surface area (Å²) in [4.78, 5) is 5.92. The maximum Gasteiger partial charge on any atom is 0.158 e. The van der Waals surface area contributed by atoms with E-state index in [-0.39, 0.29) is 16.9 Å². The molecule has 2 N–H and O–H groups in total. The van der Waals surface area contributed by atoms with Gasteiger partial charge in [-0.25, -0.2) is 8.78 Å². The second-order valence-corrected chi connectivity index (χ2v) is 5.10. The third-order valence-electron chi connectivity index (χ3n) is 3.50. The van der Waals surface area contributed by atoms with Crippen LogP contribution in [0.2, 0.25) is 0 Å². The Morgan fingerprint density at radius 1 is 1.41 bits per heavy atom. The molecule has 2 rings (SSSR count). The van der Waals surface area contributed by atoms with Crippen LogP contribution in [0.25, 0.3) is 5.70 Å². The molecule has 3 nitrogen and oxygen atoms in total. The molecule has 5 heteroatoms. The Morgan fingerprint density at radius 3 is 2.77 bits per heavy atom. The minimum absolute atomic E-state index is 0.110. The van der Waals surface area contributed by atoms with Crippen LogP contribution in [0.15, 0.2) is 47.4 Å². The molecule has 0 amide bonds. The number of nitrogens with zero attached hydrogens (tertiary/aromatic N) is 2. The molecular formula is C17H19F2N3. The molecule has 1 heterocycles. The first kappa shape index (κ1) is 15.9. The fourth-order valence-corrected chi connectivity index (χ4v) is 2.35. The number of nitrogens with two attached hydrogens (primary N) is 1. The Balaban J connectivity index is 2.49. The first-order valence-corrected chi connectivity index (χ1v) is 7.10. The number of nitrogen functional groups attached to an aromatic ring is 1. The van der Waals surface area contributed by atoms with Gasteiger partial charge in [-0.15, -0.1) is 0 Å². The standard InChI is InChI=1S/C17H19F2N3/c1-4-6-11(3)15-9-21-14(10-22(15)5-2)16-12(18)7-8-13(20)17(16)19/h5,7-10H,2,4,6,20H2,1,3H3/b15-11-. The van der Waals surface area contributed by atoms with Gasteiger partial charge in [0.25, 0.3) is 0 Å². The maximum absolute atomic E-state index is 14.1. The third-order valence-corrected chi connectivity index (χ3v) is 3.50. The molecule has 1 aromatic rings. The summed E-state index contributed by atoms with van der Waals surface area (Å²) in [5.74, 6) is -1.50. The average Bonchev–Trinajstić information content (AvgIpc) is 2.51. The molecule has 0 atom stereocenters. The molecule has 0 fully saturated rings. The van der Waals surface area contributed by atoms with E-state index in [2.05, 4.69) is 18.5 Å². The summed E-state index contributed by atoms with van der Waals surface area (Å²) >= 11 is 0. The zero-order valence-corrected chi connectivity index (χ0v) is 12.7. The molecule has 116 valence electrons.